The number of nitrogens with zero attached hydrogens (tertiary/aromatic N) is 3. The molecule has 0 radical (unpaired) electrons. The van der Waals surface area contributed by atoms with Gasteiger partial charge in [0.1, 0.15) is 17.2 Å². The average Bonchev–Trinajstić information content (AvgIpc) is 3.41. The lowest BCUT2D eigenvalue weighted by atomic mass is 10.1. The number of anilines is 2. The number of urea groups is 1. The Hall–Kier alpha value is -3.40. The summed E-state index contributed by atoms with van der Waals surface area (Å²) in [5, 5.41) is 21.4. The number of thiazole rings is 1. The quantitative estimate of drug-likeness (QED) is 0.329. The fraction of sp³-hybridized carbons (Fsp3) is 0.0476. The Balaban J connectivity index is 1.67. The molecule has 0 fully saturated rings. The van der Waals surface area contributed by atoms with Crippen molar-refractivity contribution in [2.24, 2.45) is 0 Å². The molecular weight excluding hydrogens is 473 g/mol. The number of benzene rings is 2. The molecule has 0 atom stereocenters. The Kier molecular flexibility index (Phi) is 6.40. The smallest absolute Gasteiger partial charge is 0.324 e. The number of aromatic nitrogens is 3. The second-order valence-electron chi connectivity index (χ2n) is 6.62. The third-order valence-electron chi connectivity index (χ3n) is 4.36. The van der Waals surface area contributed by atoms with Gasteiger partial charge >= 0.3 is 12.0 Å². The Morgan fingerprint density at radius 1 is 1.06 bits per heavy atom. The SMILES string of the molecule is O=C(O)Cc1cccc(-n2nc(-c3cscn3)cc2NC(=O)Nc2cccc(Cl)c2Cl)c1. The summed E-state index contributed by atoms with van der Waals surface area (Å²) >= 11 is 13.6. The summed E-state index contributed by atoms with van der Waals surface area (Å²) < 4.78 is 1.51. The van der Waals surface area contributed by atoms with Crippen molar-refractivity contribution in [1.82, 2.24) is 14.8 Å². The van der Waals surface area contributed by atoms with Gasteiger partial charge in [-0.1, -0.05) is 41.4 Å². The lowest BCUT2D eigenvalue weighted by Gasteiger charge is -2.12. The number of halogens is 2. The van der Waals surface area contributed by atoms with Crippen molar-refractivity contribution in [1.29, 1.82) is 0 Å². The van der Waals surface area contributed by atoms with E-state index in [2.05, 4.69) is 20.7 Å². The van der Waals surface area contributed by atoms with Crippen molar-refractivity contribution in [2.45, 2.75) is 6.42 Å². The topological polar surface area (TPSA) is 109 Å². The summed E-state index contributed by atoms with van der Waals surface area (Å²) in [4.78, 5) is 28.0. The molecule has 2 aromatic heterocycles. The number of nitrogens with one attached hydrogen (secondary N) is 2. The molecule has 4 aromatic rings. The van der Waals surface area contributed by atoms with E-state index in [4.69, 9.17) is 28.3 Å². The molecule has 0 saturated carbocycles. The summed E-state index contributed by atoms with van der Waals surface area (Å²) in [7, 11) is 0. The van der Waals surface area contributed by atoms with Crippen molar-refractivity contribution in [3.63, 3.8) is 0 Å². The summed E-state index contributed by atoms with van der Waals surface area (Å²) in [6, 6.07) is 12.9. The van der Waals surface area contributed by atoms with Gasteiger partial charge < -0.3 is 10.4 Å². The highest BCUT2D eigenvalue weighted by atomic mass is 35.5. The van der Waals surface area contributed by atoms with E-state index in [1.165, 1.54) is 16.0 Å². The fourth-order valence-corrected chi connectivity index (χ4v) is 3.87. The number of carboxylic acid groups (broad SMARTS) is 1. The second kappa shape index (κ2) is 9.39. The van der Waals surface area contributed by atoms with Crippen molar-refractivity contribution in [2.75, 3.05) is 10.6 Å². The number of amides is 2. The third kappa shape index (κ3) is 4.91. The summed E-state index contributed by atoms with van der Waals surface area (Å²) in [6.07, 6.45) is -0.134. The molecule has 0 aliphatic heterocycles. The van der Waals surface area contributed by atoms with Gasteiger partial charge in [-0.2, -0.15) is 5.10 Å². The molecule has 162 valence electrons. The number of carboxylic acids is 1. The molecule has 3 N–H and O–H groups in total. The lowest BCUT2D eigenvalue weighted by molar-refractivity contribution is -0.136. The first-order chi connectivity index (χ1) is 15.4. The van der Waals surface area contributed by atoms with Crippen molar-refractivity contribution >= 4 is 58.0 Å². The highest BCUT2D eigenvalue weighted by Gasteiger charge is 2.16. The number of hydrogen-bond donors (Lipinski definition) is 3. The minimum atomic E-state index is -0.943. The van der Waals surface area contributed by atoms with Gasteiger partial charge in [0.25, 0.3) is 0 Å². The van der Waals surface area contributed by atoms with Crippen LogP contribution in [-0.2, 0) is 11.2 Å². The molecule has 0 aliphatic rings. The van der Waals surface area contributed by atoms with E-state index in [-0.39, 0.29) is 11.4 Å². The average molecular weight is 488 g/mol. The van der Waals surface area contributed by atoms with Crippen LogP contribution in [0.15, 0.2) is 59.4 Å². The molecular formula is C21H15Cl2N5O3S. The van der Waals surface area contributed by atoms with Crippen LogP contribution in [-0.4, -0.2) is 31.9 Å². The second-order valence-corrected chi connectivity index (χ2v) is 8.13. The van der Waals surface area contributed by atoms with E-state index in [9.17, 15) is 9.59 Å². The zero-order valence-corrected chi connectivity index (χ0v) is 18.6. The third-order valence-corrected chi connectivity index (χ3v) is 5.76. The zero-order valence-electron chi connectivity index (χ0n) is 16.3. The predicted octanol–water partition coefficient (Wildman–Crippen LogP) is 5.57. The van der Waals surface area contributed by atoms with E-state index < -0.39 is 12.0 Å². The monoisotopic (exact) mass is 487 g/mol. The molecule has 0 unspecified atom stereocenters. The first-order valence-corrected chi connectivity index (χ1v) is 10.9. The Bertz CT molecular complexity index is 1290. The van der Waals surface area contributed by atoms with Gasteiger partial charge in [0.15, 0.2) is 0 Å². The number of carbonyl (C=O) groups is 2. The molecule has 0 spiro atoms. The summed E-state index contributed by atoms with van der Waals surface area (Å²) in [5.41, 5.74) is 4.42. The first kappa shape index (κ1) is 21.8. The van der Waals surface area contributed by atoms with Crippen molar-refractivity contribution < 1.29 is 14.7 Å². The molecule has 32 heavy (non-hydrogen) atoms. The van der Waals surface area contributed by atoms with Crippen LogP contribution in [0.3, 0.4) is 0 Å². The van der Waals surface area contributed by atoms with Gasteiger partial charge in [0.2, 0.25) is 0 Å². The maximum atomic E-state index is 12.7. The van der Waals surface area contributed by atoms with Crippen LogP contribution in [0.1, 0.15) is 5.56 Å². The number of carbonyl (C=O) groups excluding carboxylic acids is 1. The van der Waals surface area contributed by atoms with Gasteiger partial charge in [-0.3, -0.25) is 10.1 Å². The van der Waals surface area contributed by atoms with Crippen LogP contribution < -0.4 is 10.6 Å². The van der Waals surface area contributed by atoms with Crippen LogP contribution in [0.25, 0.3) is 17.1 Å². The fourth-order valence-electron chi connectivity index (χ4n) is 2.97. The van der Waals surface area contributed by atoms with Crippen LogP contribution in [0.2, 0.25) is 10.0 Å². The van der Waals surface area contributed by atoms with E-state index in [1.807, 2.05) is 5.38 Å². The normalized spacial score (nSPS) is 10.7. The van der Waals surface area contributed by atoms with Gasteiger partial charge in [-0.15, -0.1) is 11.3 Å². The molecule has 0 bridgehead atoms. The van der Waals surface area contributed by atoms with Gasteiger partial charge in [-0.25, -0.2) is 14.5 Å². The highest BCUT2D eigenvalue weighted by Crippen LogP contribution is 2.30. The molecule has 2 aromatic carbocycles. The standard InChI is InChI=1S/C21H15Cl2N5O3S/c22-14-5-2-6-15(20(14)23)25-21(31)26-18-9-16(17-10-32-11-24-17)27-28(18)13-4-1-3-12(7-13)8-19(29)30/h1-7,9-11H,8H2,(H,29,30)(H2,25,26,31). The number of aliphatic carboxylic acids is 1. The molecule has 11 heteroatoms. The Labute approximate surface area is 196 Å². The minimum Gasteiger partial charge on any atom is -0.481 e. The Morgan fingerprint density at radius 2 is 1.88 bits per heavy atom. The van der Waals surface area contributed by atoms with Gasteiger partial charge in [-0.05, 0) is 29.8 Å². The molecule has 2 amide bonds. The lowest BCUT2D eigenvalue weighted by Crippen LogP contribution is -2.21. The number of rotatable bonds is 6. The maximum absolute atomic E-state index is 12.7. The Morgan fingerprint density at radius 3 is 2.62 bits per heavy atom. The zero-order chi connectivity index (χ0) is 22.7. The van der Waals surface area contributed by atoms with E-state index in [0.717, 1.165) is 0 Å². The molecule has 0 saturated heterocycles. The first-order valence-electron chi connectivity index (χ1n) is 9.22. The largest absolute Gasteiger partial charge is 0.481 e. The predicted molar refractivity (Wildman–Crippen MR) is 125 cm³/mol. The molecule has 8 nitrogen and oxygen atoms in total. The van der Waals surface area contributed by atoms with Crippen LogP contribution in [0.5, 0.6) is 0 Å². The molecule has 0 aliphatic carbocycles. The summed E-state index contributed by atoms with van der Waals surface area (Å²) in [5.74, 6) is -0.585. The number of hydrogen-bond acceptors (Lipinski definition) is 5. The highest BCUT2D eigenvalue weighted by molar-refractivity contribution is 7.07. The van der Waals surface area contributed by atoms with E-state index in [1.54, 1.807) is 54.0 Å². The molecule has 4 rings (SSSR count). The van der Waals surface area contributed by atoms with Crippen LogP contribution >= 0.6 is 34.5 Å². The molecule has 2 heterocycles. The van der Waals surface area contributed by atoms with Gasteiger partial charge in [0, 0.05) is 11.4 Å². The minimum absolute atomic E-state index is 0.134. The van der Waals surface area contributed by atoms with Crippen LogP contribution in [0, 0.1) is 0 Å². The van der Waals surface area contributed by atoms with Crippen LogP contribution in [0.4, 0.5) is 16.3 Å². The summed E-state index contributed by atoms with van der Waals surface area (Å²) in [6.45, 7) is 0. The van der Waals surface area contributed by atoms with Crippen molar-refractivity contribution in [3.8, 4) is 17.1 Å². The van der Waals surface area contributed by atoms with E-state index >= 15 is 0 Å². The van der Waals surface area contributed by atoms with Crippen molar-refractivity contribution in [3.05, 3.63) is 75.0 Å². The maximum Gasteiger partial charge on any atom is 0.324 e. The van der Waals surface area contributed by atoms with Gasteiger partial charge in [0.05, 0.1) is 33.4 Å². The van der Waals surface area contributed by atoms with E-state index in [0.29, 0.717) is 39.2 Å².